The molecule has 2 unspecified atom stereocenters. The first-order chi connectivity index (χ1) is 14.7. The Hall–Kier alpha value is -1.93. The number of carboxylic acid groups (broad SMARTS) is 1. The van der Waals surface area contributed by atoms with Crippen LogP contribution in [0.2, 0.25) is 5.02 Å². The second-order valence-electron chi connectivity index (χ2n) is 8.24. The number of carbonyl (C=O) groups is 1. The fraction of sp³-hybridized carbons (Fsp3) is 0.435. The molecule has 0 bridgehead atoms. The van der Waals surface area contributed by atoms with Crippen molar-refractivity contribution in [3.8, 4) is 0 Å². The van der Waals surface area contributed by atoms with Gasteiger partial charge in [-0.25, -0.2) is 8.42 Å². The summed E-state index contributed by atoms with van der Waals surface area (Å²) in [6, 6.07) is 13.8. The third-order valence-electron chi connectivity index (χ3n) is 5.60. The minimum Gasteiger partial charge on any atom is -0.481 e. The number of piperazine rings is 1. The standard InChI is InChI=1S/C23H29ClN2O4S/c1-17-15-25(12-4-6-19-8-10-21(24)11-9-19)16-18(2)26(17)31(29,30)22-7-3-5-20(13-22)14-23(27)28/h3,5,7-11,13,17-18H,4,6,12,14-16H2,1-2H3,(H,27,28). The average Bonchev–Trinajstić information content (AvgIpc) is 2.68. The number of hydrogen-bond acceptors (Lipinski definition) is 4. The Morgan fingerprint density at radius 1 is 1.06 bits per heavy atom. The number of aryl methyl sites for hydroxylation is 1. The van der Waals surface area contributed by atoms with Gasteiger partial charge in [0, 0.05) is 30.2 Å². The second kappa shape index (κ2) is 10.1. The van der Waals surface area contributed by atoms with E-state index in [0.29, 0.717) is 18.7 Å². The van der Waals surface area contributed by atoms with Crippen molar-refractivity contribution in [2.75, 3.05) is 19.6 Å². The van der Waals surface area contributed by atoms with Crippen LogP contribution in [0.25, 0.3) is 0 Å². The SMILES string of the molecule is CC1CN(CCCc2ccc(Cl)cc2)CC(C)N1S(=O)(=O)c1cccc(CC(=O)O)c1. The zero-order chi connectivity index (χ0) is 22.6. The quantitative estimate of drug-likeness (QED) is 0.644. The largest absolute Gasteiger partial charge is 0.481 e. The van der Waals surface area contributed by atoms with E-state index in [1.165, 1.54) is 11.6 Å². The van der Waals surface area contributed by atoms with Crippen molar-refractivity contribution in [3.05, 3.63) is 64.7 Å². The molecule has 0 aliphatic carbocycles. The monoisotopic (exact) mass is 464 g/mol. The summed E-state index contributed by atoms with van der Waals surface area (Å²) < 4.78 is 28.2. The number of carboxylic acids is 1. The van der Waals surface area contributed by atoms with E-state index in [2.05, 4.69) is 4.90 Å². The zero-order valence-electron chi connectivity index (χ0n) is 17.9. The Balaban J connectivity index is 1.63. The molecule has 1 fully saturated rings. The summed E-state index contributed by atoms with van der Waals surface area (Å²) in [6.07, 6.45) is 1.75. The van der Waals surface area contributed by atoms with Gasteiger partial charge in [0.15, 0.2) is 0 Å². The molecule has 3 rings (SSSR count). The van der Waals surface area contributed by atoms with Crippen LogP contribution < -0.4 is 0 Å². The van der Waals surface area contributed by atoms with Gasteiger partial charge >= 0.3 is 5.97 Å². The van der Waals surface area contributed by atoms with Gasteiger partial charge in [-0.05, 0) is 68.6 Å². The Kier molecular flexibility index (Phi) is 7.75. The summed E-state index contributed by atoms with van der Waals surface area (Å²) in [5.41, 5.74) is 1.72. The molecule has 2 aromatic carbocycles. The predicted octanol–water partition coefficient (Wildman–Crippen LogP) is 3.68. The Labute approximate surface area is 189 Å². The highest BCUT2D eigenvalue weighted by Gasteiger charge is 2.38. The minimum atomic E-state index is -3.71. The van der Waals surface area contributed by atoms with Crippen LogP contribution in [0.4, 0.5) is 0 Å². The highest BCUT2D eigenvalue weighted by Crippen LogP contribution is 2.26. The summed E-state index contributed by atoms with van der Waals surface area (Å²) >= 11 is 5.94. The lowest BCUT2D eigenvalue weighted by Crippen LogP contribution is -2.58. The van der Waals surface area contributed by atoms with Gasteiger partial charge < -0.3 is 10.0 Å². The summed E-state index contributed by atoms with van der Waals surface area (Å²) in [5.74, 6) is -0.983. The Morgan fingerprint density at radius 2 is 1.71 bits per heavy atom. The molecule has 1 heterocycles. The van der Waals surface area contributed by atoms with Crippen LogP contribution in [0.1, 0.15) is 31.4 Å². The number of rotatable bonds is 8. The summed E-state index contributed by atoms with van der Waals surface area (Å²) in [5, 5.41) is 9.74. The molecule has 31 heavy (non-hydrogen) atoms. The normalized spacial score (nSPS) is 20.6. The molecule has 8 heteroatoms. The highest BCUT2D eigenvalue weighted by atomic mass is 35.5. The van der Waals surface area contributed by atoms with E-state index in [0.717, 1.165) is 24.4 Å². The molecule has 0 spiro atoms. The number of sulfonamides is 1. The van der Waals surface area contributed by atoms with Gasteiger partial charge in [0.2, 0.25) is 10.0 Å². The van der Waals surface area contributed by atoms with E-state index >= 15 is 0 Å². The molecule has 1 saturated heterocycles. The molecule has 0 saturated carbocycles. The smallest absolute Gasteiger partial charge is 0.307 e. The molecule has 1 N–H and O–H groups in total. The van der Waals surface area contributed by atoms with Gasteiger partial charge in [-0.15, -0.1) is 0 Å². The van der Waals surface area contributed by atoms with Gasteiger partial charge in [-0.1, -0.05) is 35.9 Å². The van der Waals surface area contributed by atoms with Crippen LogP contribution in [0.3, 0.4) is 0 Å². The van der Waals surface area contributed by atoms with E-state index in [1.807, 2.05) is 38.1 Å². The van der Waals surface area contributed by atoms with E-state index in [9.17, 15) is 13.2 Å². The Morgan fingerprint density at radius 3 is 2.32 bits per heavy atom. The fourth-order valence-corrected chi connectivity index (χ4v) is 6.34. The van der Waals surface area contributed by atoms with Gasteiger partial charge in [0.05, 0.1) is 11.3 Å². The second-order valence-corrected chi connectivity index (χ2v) is 10.5. The van der Waals surface area contributed by atoms with Gasteiger partial charge in [-0.2, -0.15) is 4.31 Å². The van der Waals surface area contributed by atoms with Crippen LogP contribution >= 0.6 is 11.6 Å². The van der Waals surface area contributed by atoms with Crippen molar-refractivity contribution in [3.63, 3.8) is 0 Å². The third kappa shape index (κ3) is 6.07. The molecule has 1 aliphatic rings. The molecule has 2 aromatic rings. The molecule has 2 atom stereocenters. The maximum Gasteiger partial charge on any atom is 0.307 e. The molecule has 0 radical (unpaired) electrons. The lowest BCUT2D eigenvalue weighted by Gasteiger charge is -2.43. The van der Waals surface area contributed by atoms with E-state index < -0.39 is 16.0 Å². The zero-order valence-corrected chi connectivity index (χ0v) is 19.4. The first-order valence-electron chi connectivity index (χ1n) is 10.5. The maximum absolute atomic E-state index is 13.3. The van der Waals surface area contributed by atoms with Crippen LogP contribution in [0.15, 0.2) is 53.4 Å². The number of hydrogen-bond donors (Lipinski definition) is 1. The third-order valence-corrected chi connectivity index (χ3v) is 7.97. The number of aliphatic carboxylic acids is 1. The minimum absolute atomic E-state index is 0.154. The summed E-state index contributed by atoms with van der Waals surface area (Å²) in [6.45, 7) is 6.10. The van der Waals surface area contributed by atoms with Crippen molar-refractivity contribution in [2.24, 2.45) is 0 Å². The van der Waals surface area contributed by atoms with Crippen molar-refractivity contribution in [1.29, 1.82) is 0 Å². The number of benzene rings is 2. The van der Waals surface area contributed by atoms with E-state index in [4.69, 9.17) is 16.7 Å². The average molecular weight is 465 g/mol. The van der Waals surface area contributed by atoms with Gasteiger partial charge in [0.1, 0.15) is 0 Å². The van der Waals surface area contributed by atoms with E-state index in [-0.39, 0.29) is 23.4 Å². The number of halogens is 1. The molecule has 1 aliphatic heterocycles. The molecular weight excluding hydrogens is 436 g/mol. The van der Waals surface area contributed by atoms with Crippen LogP contribution in [-0.2, 0) is 27.7 Å². The topological polar surface area (TPSA) is 77.9 Å². The van der Waals surface area contributed by atoms with Crippen LogP contribution in [0.5, 0.6) is 0 Å². The molecular formula is C23H29ClN2O4S. The predicted molar refractivity (Wildman–Crippen MR) is 122 cm³/mol. The lowest BCUT2D eigenvalue weighted by molar-refractivity contribution is -0.136. The maximum atomic E-state index is 13.3. The van der Waals surface area contributed by atoms with Crippen molar-refractivity contribution in [1.82, 2.24) is 9.21 Å². The number of nitrogens with zero attached hydrogens (tertiary/aromatic N) is 2. The molecule has 168 valence electrons. The van der Waals surface area contributed by atoms with Crippen LogP contribution in [-0.4, -0.2) is 60.4 Å². The van der Waals surface area contributed by atoms with E-state index in [1.54, 1.807) is 22.5 Å². The molecule has 0 aromatic heterocycles. The molecule has 0 amide bonds. The van der Waals surface area contributed by atoms with Crippen LogP contribution in [0, 0.1) is 0 Å². The van der Waals surface area contributed by atoms with Crippen molar-refractivity contribution >= 4 is 27.6 Å². The summed E-state index contributed by atoms with van der Waals surface area (Å²) in [4.78, 5) is 13.5. The molecule has 6 nitrogen and oxygen atoms in total. The first kappa shape index (κ1) is 23.7. The fourth-order valence-electron chi connectivity index (χ4n) is 4.34. The van der Waals surface area contributed by atoms with Gasteiger partial charge in [-0.3, -0.25) is 4.79 Å². The van der Waals surface area contributed by atoms with Crippen molar-refractivity contribution < 1.29 is 18.3 Å². The Bertz CT molecular complexity index is 998. The highest BCUT2D eigenvalue weighted by molar-refractivity contribution is 7.89. The summed E-state index contributed by atoms with van der Waals surface area (Å²) in [7, 11) is -3.71. The van der Waals surface area contributed by atoms with Crippen molar-refractivity contribution in [2.45, 2.75) is 50.1 Å². The first-order valence-corrected chi connectivity index (χ1v) is 12.3. The van der Waals surface area contributed by atoms with Gasteiger partial charge in [0.25, 0.3) is 0 Å². The lowest BCUT2D eigenvalue weighted by atomic mass is 10.1.